The quantitative estimate of drug-likeness (QED) is 0.610. The summed E-state index contributed by atoms with van der Waals surface area (Å²) in [4.78, 5) is 27.6. The molecule has 1 spiro atoms. The summed E-state index contributed by atoms with van der Waals surface area (Å²) < 4.78 is 0. The molecule has 5 rings (SSSR count). The van der Waals surface area contributed by atoms with Crippen molar-refractivity contribution < 1.29 is 9.59 Å². The number of ketones is 1. The normalized spacial score (nSPS) is 17.6. The molecular formula is C28H28N2O2. The largest absolute Gasteiger partial charge is 0.346 e. The molecule has 1 fully saturated rings. The summed E-state index contributed by atoms with van der Waals surface area (Å²) in [7, 11) is 0. The van der Waals surface area contributed by atoms with E-state index in [0.717, 1.165) is 54.7 Å². The summed E-state index contributed by atoms with van der Waals surface area (Å²) in [6, 6.07) is 26.4. The van der Waals surface area contributed by atoms with Gasteiger partial charge in [-0.05, 0) is 41.2 Å². The van der Waals surface area contributed by atoms with Crippen molar-refractivity contribution in [3.63, 3.8) is 0 Å². The standard InChI is InChI=1S/C28H28N2O2/c31-26(24-11-6-10-22(19-24)21-7-2-1-3-8-21)13-16-30-17-14-28(15-18-30)25-12-5-4-9-23(25)20-27(32)29-28/h1-12,19H,13-18,20H2,(H,29,32). The maximum Gasteiger partial charge on any atom is 0.225 e. The molecule has 0 aliphatic carbocycles. The van der Waals surface area contributed by atoms with Crippen LogP contribution < -0.4 is 5.32 Å². The van der Waals surface area contributed by atoms with Crippen LogP contribution in [0.5, 0.6) is 0 Å². The third-order valence-electron chi connectivity index (χ3n) is 6.92. The second-order valence-corrected chi connectivity index (χ2v) is 8.93. The van der Waals surface area contributed by atoms with Gasteiger partial charge >= 0.3 is 0 Å². The Bertz CT molecular complexity index is 1130. The lowest BCUT2D eigenvalue weighted by Crippen LogP contribution is -2.56. The lowest BCUT2D eigenvalue weighted by atomic mass is 9.75. The minimum Gasteiger partial charge on any atom is -0.346 e. The van der Waals surface area contributed by atoms with Crippen molar-refractivity contribution in [1.29, 1.82) is 0 Å². The minimum atomic E-state index is -0.254. The summed E-state index contributed by atoms with van der Waals surface area (Å²) in [6.45, 7) is 2.51. The number of amides is 1. The van der Waals surface area contributed by atoms with Gasteiger partial charge in [0.15, 0.2) is 5.78 Å². The molecule has 0 radical (unpaired) electrons. The predicted molar refractivity (Wildman–Crippen MR) is 126 cm³/mol. The zero-order valence-electron chi connectivity index (χ0n) is 18.2. The van der Waals surface area contributed by atoms with Crippen LogP contribution in [-0.4, -0.2) is 36.2 Å². The van der Waals surface area contributed by atoms with Crippen molar-refractivity contribution >= 4 is 11.7 Å². The second-order valence-electron chi connectivity index (χ2n) is 8.93. The van der Waals surface area contributed by atoms with Crippen LogP contribution in [-0.2, 0) is 16.8 Å². The Labute approximate surface area is 189 Å². The highest BCUT2D eigenvalue weighted by atomic mass is 16.1. The predicted octanol–water partition coefficient (Wildman–Crippen LogP) is 4.59. The van der Waals surface area contributed by atoms with Crippen LogP contribution in [0.1, 0.15) is 40.7 Å². The van der Waals surface area contributed by atoms with Crippen molar-refractivity contribution in [3.05, 3.63) is 95.6 Å². The number of carbonyl (C=O) groups excluding carboxylic acids is 2. The summed E-state index contributed by atoms with van der Waals surface area (Å²) in [5.74, 6) is 0.296. The van der Waals surface area contributed by atoms with Gasteiger partial charge in [-0.15, -0.1) is 0 Å². The lowest BCUT2D eigenvalue weighted by molar-refractivity contribution is -0.124. The van der Waals surface area contributed by atoms with Gasteiger partial charge in [0.05, 0.1) is 12.0 Å². The third kappa shape index (κ3) is 4.11. The fraction of sp³-hybridized carbons (Fsp3) is 0.286. The first kappa shape index (κ1) is 20.7. The highest BCUT2D eigenvalue weighted by Crippen LogP contribution is 2.37. The van der Waals surface area contributed by atoms with Gasteiger partial charge < -0.3 is 10.2 Å². The molecule has 2 aliphatic rings. The first-order chi connectivity index (χ1) is 15.6. The van der Waals surface area contributed by atoms with E-state index < -0.39 is 0 Å². The number of benzene rings is 3. The molecule has 0 aromatic heterocycles. The molecule has 0 atom stereocenters. The number of nitrogens with zero attached hydrogens (tertiary/aromatic N) is 1. The molecular weight excluding hydrogens is 396 g/mol. The van der Waals surface area contributed by atoms with Gasteiger partial charge in [0, 0.05) is 31.6 Å². The van der Waals surface area contributed by atoms with Crippen molar-refractivity contribution in [2.75, 3.05) is 19.6 Å². The van der Waals surface area contributed by atoms with Gasteiger partial charge in [0.2, 0.25) is 5.91 Å². The van der Waals surface area contributed by atoms with E-state index >= 15 is 0 Å². The van der Waals surface area contributed by atoms with E-state index in [9.17, 15) is 9.59 Å². The average Bonchev–Trinajstić information content (AvgIpc) is 2.84. The lowest BCUT2D eigenvalue weighted by Gasteiger charge is -2.45. The van der Waals surface area contributed by atoms with Gasteiger partial charge in [-0.2, -0.15) is 0 Å². The van der Waals surface area contributed by atoms with Crippen molar-refractivity contribution in [2.45, 2.75) is 31.2 Å². The fourth-order valence-corrected chi connectivity index (χ4v) is 5.15. The summed E-state index contributed by atoms with van der Waals surface area (Å²) in [5.41, 5.74) is 5.14. The van der Waals surface area contributed by atoms with E-state index in [2.05, 4.69) is 40.5 Å². The second kappa shape index (κ2) is 8.71. The average molecular weight is 425 g/mol. The van der Waals surface area contributed by atoms with Crippen LogP contribution in [0, 0.1) is 0 Å². The Morgan fingerprint density at radius 1 is 0.875 bits per heavy atom. The van der Waals surface area contributed by atoms with Gasteiger partial charge in [-0.25, -0.2) is 0 Å². The Hall–Kier alpha value is -3.24. The Morgan fingerprint density at radius 2 is 1.59 bits per heavy atom. The monoisotopic (exact) mass is 424 g/mol. The molecule has 4 nitrogen and oxygen atoms in total. The Kier molecular flexibility index (Phi) is 5.62. The molecule has 1 amide bonds. The van der Waals surface area contributed by atoms with Crippen LogP contribution in [0.25, 0.3) is 11.1 Å². The molecule has 32 heavy (non-hydrogen) atoms. The number of hydrogen-bond donors (Lipinski definition) is 1. The third-order valence-corrected chi connectivity index (χ3v) is 6.92. The van der Waals surface area contributed by atoms with E-state index in [1.54, 1.807) is 0 Å². The maximum absolute atomic E-state index is 12.9. The van der Waals surface area contributed by atoms with Gasteiger partial charge in [0.1, 0.15) is 0 Å². The van der Waals surface area contributed by atoms with E-state index in [1.165, 1.54) is 5.56 Å². The summed E-state index contributed by atoms with van der Waals surface area (Å²) >= 11 is 0. The summed E-state index contributed by atoms with van der Waals surface area (Å²) in [6.07, 6.45) is 2.74. The fourth-order valence-electron chi connectivity index (χ4n) is 5.15. The molecule has 0 saturated carbocycles. The molecule has 162 valence electrons. The van der Waals surface area contributed by atoms with Gasteiger partial charge in [-0.3, -0.25) is 9.59 Å². The van der Waals surface area contributed by atoms with Gasteiger partial charge in [-0.1, -0.05) is 72.8 Å². The molecule has 3 aromatic carbocycles. The molecule has 2 heterocycles. The number of piperidine rings is 1. The van der Waals surface area contributed by atoms with Crippen LogP contribution in [0.3, 0.4) is 0 Å². The number of nitrogens with one attached hydrogen (secondary N) is 1. The Morgan fingerprint density at radius 3 is 2.41 bits per heavy atom. The van der Waals surface area contributed by atoms with E-state index in [1.807, 2.05) is 48.5 Å². The molecule has 1 saturated heterocycles. The molecule has 4 heteroatoms. The topological polar surface area (TPSA) is 49.4 Å². The van der Waals surface area contributed by atoms with Crippen LogP contribution in [0.15, 0.2) is 78.9 Å². The molecule has 3 aromatic rings. The molecule has 2 aliphatic heterocycles. The van der Waals surface area contributed by atoms with E-state index in [4.69, 9.17) is 0 Å². The molecule has 1 N–H and O–H groups in total. The van der Waals surface area contributed by atoms with Crippen LogP contribution >= 0.6 is 0 Å². The van der Waals surface area contributed by atoms with E-state index in [0.29, 0.717) is 12.8 Å². The number of likely N-dealkylation sites (tertiary alicyclic amines) is 1. The van der Waals surface area contributed by atoms with Crippen molar-refractivity contribution in [1.82, 2.24) is 10.2 Å². The van der Waals surface area contributed by atoms with Crippen LogP contribution in [0.4, 0.5) is 0 Å². The first-order valence-corrected chi connectivity index (χ1v) is 11.4. The highest BCUT2D eigenvalue weighted by molar-refractivity contribution is 5.97. The highest BCUT2D eigenvalue weighted by Gasteiger charge is 2.41. The molecule has 0 unspecified atom stereocenters. The SMILES string of the molecule is O=C1Cc2ccccc2C2(CCN(CCC(=O)c3cccc(-c4ccccc4)c3)CC2)N1. The number of Topliss-reactive ketones (excluding diaryl/α,β-unsaturated/α-hetero) is 1. The van der Waals surface area contributed by atoms with Crippen molar-refractivity contribution in [3.8, 4) is 11.1 Å². The van der Waals surface area contributed by atoms with Crippen LogP contribution in [0.2, 0.25) is 0 Å². The van der Waals surface area contributed by atoms with E-state index in [-0.39, 0.29) is 17.2 Å². The van der Waals surface area contributed by atoms with Gasteiger partial charge in [0.25, 0.3) is 0 Å². The number of hydrogen-bond acceptors (Lipinski definition) is 3. The number of carbonyl (C=O) groups is 2. The smallest absolute Gasteiger partial charge is 0.225 e. The number of fused-ring (bicyclic) bond motifs is 2. The zero-order chi connectivity index (χ0) is 22.0. The number of rotatable bonds is 5. The van der Waals surface area contributed by atoms with Crippen molar-refractivity contribution in [2.24, 2.45) is 0 Å². The summed E-state index contributed by atoms with van der Waals surface area (Å²) in [5, 5.41) is 3.29. The minimum absolute atomic E-state index is 0.116. The first-order valence-electron chi connectivity index (χ1n) is 11.4. The molecule has 0 bridgehead atoms. The zero-order valence-corrected chi connectivity index (χ0v) is 18.2. The maximum atomic E-state index is 12.9. The Balaban J connectivity index is 1.21.